The highest BCUT2D eigenvalue weighted by atomic mass is 16.3. The molecule has 3 aromatic rings. The maximum Gasteiger partial charge on any atom is 0.295 e. The number of aliphatic hydroxyl groups excluding tert-OH is 1. The molecule has 0 spiro atoms. The number of aromatic hydroxyl groups is 1. The summed E-state index contributed by atoms with van der Waals surface area (Å²) in [5.74, 6) is -1.48. The third kappa shape index (κ3) is 3.82. The Morgan fingerprint density at radius 3 is 2.29 bits per heavy atom. The number of aliphatic hydroxyl groups is 1. The first-order chi connectivity index (χ1) is 14.9. The van der Waals surface area contributed by atoms with Crippen molar-refractivity contribution in [3.05, 3.63) is 106 Å². The van der Waals surface area contributed by atoms with Gasteiger partial charge in [0.15, 0.2) is 0 Å². The minimum atomic E-state index is -0.763. The molecule has 156 valence electrons. The van der Waals surface area contributed by atoms with Gasteiger partial charge < -0.3 is 15.1 Å². The van der Waals surface area contributed by atoms with Gasteiger partial charge in [0.1, 0.15) is 11.5 Å². The van der Waals surface area contributed by atoms with E-state index in [-0.39, 0.29) is 23.6 Å². The largest absolute Gasteiger partial charge is 0.508 e. The van der Waals surface area contributed by atoms with Crippen LogP contribution in [0.15, 0.2) is 78.4 Å². The molecule has 0 saturated carbocycles. The van der Waals surface area contributed by atoms with Gasteiger partial charge in [0.05, 0.1) is 11.6 Å². The molecule has 1 saturated heterocycles. The lowest BCUT2D eigenvalue weighted by Gasteiger charge is -2.25. The van der Waals surface area contributed by atoms with Gasteiger partial charge in [-0.1, -0.05) is 60.2 Å². The van der Waals surface area contributed by atoms with Crippen LogP contribution in [0.1, 0.15) is 33.9 Å². The van der Waals surface area contributed by atoms with Gasteiger partial charge in [-0.25, -0.2) is 0 Å². The van der Waals surface area contributed by atoms with Gasteiger partial charge in [0.2, 0.25) is 0 Å². The molecule has 3 aromatic carbocycles. The number of amides is 1. The van der Waals surface area contributed by atoms with E-state index in [9.17, 15) is 19.8 Å². The molecule has 5 heteroatoms. The monoisotopic (exact) mass is 413 g/mol. The van der Waals surface area contributed by atoms with Crippen molar-refractivity contribution in [1.29, 1.82) is 0 Å². The summed E-state index contributed by atoms with van der Waals surface area (Å²) in [6.45, 7) is 3.98. The highest BCUT2D eigenvalue weighted by Crippen LogP contribution is 2.41. The molecule has 1 unspecified atom stereocenters. The number of benzene rings is 3. The fraction of sp³-hybridized carbons (Fsp3) is 0.154. The van der Waals surface area contributed by atoms with Crippen molar-refractivity contribution in [2.45, 2.75) is 26.4 Å². The topological polar surface area (TPSA) is 77.8 Å². The maximum atomic E-state index is 13.1. The molecule has 1 aliphatic heterocycles. The van der Waals surface area contributed by atoms with E-state index >= 15 is 0 Å². The molecule has 0 aromatic heterocycles. The van der Waals surface area contributed by atoms with Gasteiger partial charge in [-0.05, 0) is 48.7 Å². The van der Waals surface area contributed by atoms with E-state index in [0.717, 1.165) is 16.7 Å². The first-order valence-electron chi connectivity index (χ1n) is 10.1. The fourth-order valence-corrected chi connectivity index (χ4v) is 3.96. The SMILES string of the molecule is Cc1ccc(C)c(/C(O)=C2\C(=O)C(=O)N(Cc3ccccc3)C2c2ccc(O)cc2)c1. The summed E-state index contributed by atoms with van der Waals surface area (Å²) in [6.07, 6.45) is 0. The van der Waals surface area contributed by atoms with E-state index in [2.05, 4.69) is 0 Å². The number of carbonyl (C=O) groups is 2. The number of phenolic OH excluding ortho intramolecular Hbond substituents is 1. The summed E-state index contributed by atoms with van der Waals surface area (Å²) >= 11 is 0. The van der Waals surface area contributed by atoms with E-state index in [1.165, 1.54) is 17.0 Å². The molecule has 1 fully saturated rings. The number of aryl methyl sites for hydroxylation is 2. The minimum Gasteiger partial charge on any atom is -0.508 e. The third-order valence-electron chi connectivity index (χ3n) is 5.59. The number of hydrogen-bond donors (Lipinski definition) is 2. The molecule has 0 bridgehead atoms. The lowest BCUT2D eigenvalue weighted by atomic mass is 9.93. The van der Waals surface area contributed by atoms with Crippen LogP contribution in [0.25, 0.3) is 5.76 Å². The van der Waals surface area contributed by atoms with Crippen LogP contribution in [0.3, 0.4) is 0 Å². The average molecular weight is 413 g/mol. The van der Waals surface area contributed by atoms with Crippen LogP contribution in [-0.2, 0) is 16.1 Å². The van der Waals surface area contributed by atoms with E-state index in [1.807, 2.05) is 62.4 Å². The molecule has 0 radical (unpaired) electrons. The molecule has 1 atom stereocenters. The Bertz CT molecular complexity index is 1180. The number of carbonyl (C=O) groups excluding carboxylic acids is 2. The molecule has 5 nitrogen and oxygen atoms in total. The van der Waals surface area contributed by atoms with Crippen LogP contribution in [-0.4, -0.2) is 26.8 Å². The van der Waals surface area contributed by atoms with Gasteiger partial charge in [0, 0.05) is 12.1 Å². The molecule has 2 N–H and O–H groups in total. The van der Waals surface area contributed by atoms with Gasteiger partial charge in [-0.3, -0.25) is 9.59 Å². The van der Waals surface area contributed by atoms with Gasteiger partial charge in [-0.15, -0.1) is 0 Å². The Morgan fingerprint density at radius 2 is 1.61 bits per heavy atom. The molecule has 1 aliphatic rings. The average Bonchev–Trinajstić information content (AvgIpc) is 3.01. The van der Waals surface area contributed by atoms with Crippen molar-refractivity contribution >= 4 is 17.4 Å². The number of ketones is 1. The second-order valence-electron chi connectivity index (χ2n) is 7.82. The van der Waals surface area contributed by atoms with E-state index in [0.29, 0.717) is 11.1 Å². The number of nitrogens with zero attached hydrogens (tertiary/aromatic N) is 1. The predicted molar refractivity (Wildman–Crippen MR) is 118 cm³/mol. The van der Waals surface area contributed by atoms with Gasteiger partial charge >= 0.3 is 0 Å². The second-order valence-corrected chi connectivity index (χ2v) is 7.82. The standard InChI is InChI=1S/C26H23NO4/c1-16-8-9-17(2)21(14-16)24(29)22-23(19-10-12-20(28)13-11-19)27(26(31)25(22)30)15-18-6-4-3-5-7-18/h3-14,23,28-29H,15H2,1-2H3/b24-22+. The zero-order valence-electron chi connectivity index (χ0n) is 17.4. The summed E-state index contributed by atoms with van der Waals surface area (Å²) in [7, 11) is 0. The lowest BCUT2D eigenvalue weighted by molar-refractivity contribution is -0.140. The second kappa shape index (κ2) is 8.11. The van der Waals surface area contributed by atoms with Crippen molar-refractivity contribution in [3.8, 4) is 5.75 Å². The summed E-state index contributed by atoms with van der Waals surface area (Å²) in [6, 6.07) is 20.6. The quantitative estimate of drug-likeness (QED) is 0.371. The number of phenols is 1. The Balaban J connectivity index is 1.90. The highest BCUT2D eigenvalue weighted by Gasteiger charge is 2.46. The van der Waals surface area contributed by atoms with Crippen molar-refractivity contribution in [1.82, 2.24) is 4.90 Å². The summed E-state index contributed by atoms with van der Waals surface area (Å²) in [4.78, 5) is 27.6. The van der Waals surface area contributed by atoms with Gasteiger partial charge in [0.25, 0.3) is 11.7 Å². The predicted octanol–water partition coefficient (Wildman–Crippen LogP) is 4.63. The van der Waals surface area contributed by atoms with Crippen LogP contribution in [0.4, 0.5) is 0 Å². The zero-order chi connectivity index (χ0) is 22.1. The van der Waals surface area contributed by atoms with E-state index < -0.39 is 17.7 Å². The Labute approximate surface area is 180 Å². The number of hydrogen-bond acceptors (Lipinski definition) is 4. The van der Waals surface area contributed by atoms with Crippen LogP contribution in [0.2, 0.25) is 0 Å². The normalized spacial score (nSPS) is 17.9. The minimum absolute atomic E-state index is 0.0559. The van der Waals surface area contributed by atoms with Crippen LogP contribution in [0, 0.1) is 13.8 Å². The summed E-state index contributed by atoms with van der Waals surface area (Å²) in [5, 5.41) is 20.9. The molecular formula is C26H23NO4. The molecule has 1 amide bonds. The smallest absolute Gasteiger partial charge is 0.295 e. The number of likely N-dealkylation sites (tertiary alicyclic amines) is 1. The zero-order valence-corrected chi connectivity index (χ0v) is 17.4. The van der Waals surface area contributed by atoms with Gasteiger partial charge in [-0.2, -0.15) is 0 Å². The first kappa shape index (κ1) is 20.4. The van der Waals surface area contributed by atoms with Crippen molar-refractivity contribution in [2.24, 2.45) is 0 Å². The van der Waals surface area contributed by atoms with Crippen LogP contribution >= 0.6 is 0 Å². The molecule has 1 heterocycles. The van der Waals surface area contributed by atoms with E-state index in [1.54, 1.807) is 12.1 Å². The lowest BCUT2D eigenvalue weighted by Crippen LogP contribution is -2.29. The molecular weight excluding hydrogens is 390 g/mol. The Kier molecular flexibility index (Phi) is 5.34. The molecule has 0 aliphatic carbocycles. The van der Waals surface area contributed by atoms with Crippen molar-refractivity contribution in [3.63, 3.8) is 0 Å². The third-order valence-corrected chi connectivity index (χ3v) is 5.59. The summed E-state index contributed by atoms with van der Waals surface area (Å²) in [5.41, 5.74) is 3.84. The van der Waals surface area contributed by atoms with Crippen molar-refractivity contribution in [2.75, 3.05) is 0 Å². The highest BCUT2D eigenvalue weighted by molar-refractivity contribution is 6.46. The maximum absolute atomic E-state index is 13.1. The number of rotatable bonds is 4. The molecule has 4 rings (SSSR count). The summed E-state index contributed by atoms with van der Waals surface area (Å²) < 4.78 is 0. The Morgan fingerprint density at radius 1 is 0.935 bits per heavy atom. The molecule has 31 heavy (non-hydrogen) atoms. The Hall–Kier alpha value is -3.86. The number of Topliss-reactive ketones (excluding diaryl/α,β-unsaturated/α-hetero) is 1. The van der Waals surface area contributed by atoms with E-state index in [4.69, 9.17) is 0 Å². The fourth-order valence-electron chi connectivity index (χ4n) is 3.96. The van der Waals surface area contributed by atoms with Crippen LogP contribution < -0.4 is 0 Å². The first-order valence-corrected chi connectivity index (χ1v) is 10.1. The van der Waals surface area contributed by atoms with Crippen LogP contribution in [0.5, 0.6) is 5.75 Å². The van der Waals surface area contributed by atoms with Crippen molar-refractivity contribution < 1.29 is 19.8 Å².